The molecular formula is C13H11FO3S. The Morgan fingerprint density at radius 3 is 2.22 bits per heavy atom. The Bertz CT molecular complexity index is 648. The van der Waals surface area contributed by atoms with E-state index in [9.17, 15) is 12.8 Å². The summed E-state index contributed by atoms with van der Waals surface area (Å²) >= 11 is 0. The first-order chi connectivity index (χ1) is 8.45. The number of benzene rings is 2. The summed E-state index contributed by atoms with van der Waals surface area (Å²) in [6.07, 6.45) is 0.503. The second kappa shape index (κ2) is 4.88. The molecule has 0 fully saturated rings. The van der Waals surface area contributed by atoms with E-state index in [4.69, 9.17) is 4.55 Å². The maximum Gasteiger partial charge on any atom is 0.294 e. The minimum atomic E-state index is -4.16. The fourth-order valence-corrected chi connectivity index (χ4v) is 2.14. The van der Waals surface area contributed by atoms with Gasteiger partial charge in [-0.2, -0.15) is 8.42 Å². The minimum Gasteiger partial charge on any atom is -0.282 e. The van der Waals surface area contributed by atoms with Crippen molar-refractivity contribution in [3.63, 3.8) is 0 Å². The van der Waals surface area contributed by atoms with Gasteiger partial charge in [0.25, 0.3) is 10.1 Å². The average Bonchev–Trinajstić information content (AvgIpc) is 2.28. The zero-order valence-electron chi connectivity index (χ0n) is 9.38. The van der Waals surface area contributed by atoms with Crippen LogP contribution in [0.3, 0.4) is 0 Å². The van der Waals surface area contributed by atoms with Gasteiger partial charge < -0.3 is 0 Å². The van der Waals surface area contributed by atoms with Crippen molar-refractivity contribution >= 4 is 10.1 Å². The fourth-order valence-electron chi connectivity index (χ4n) is 1.66. The SMILES string of the molecule is O=S(=O)(O)c1ccc(Cc2cccc(F)c2)cc1. The first-order valence-electron chi connectivity index (χ1n) is 5.26. The summed E-state index contributed by atoms with van der Waals surface area (Å²) in [6.45, 7) is 0. The van der Waals surface area contributed by atoms with Crippen LogP contribution < -0.4 is 0 Å². The highest BCUT2D eigenvalue weighted by atomic mass is 32.2. The lowest BCUT2D eigenvalue weighted by Crippen LogP contribution is -1.98. The highest BCUT2D eigenvalue weighted by Gasteiger charge is 2.08. The van der Waals surface area contributed by atoms with Crippen LogP contribution in [0, 0.1) is 5.82 Å². The molecule has 0 aliphatic heterocycles. The number of hydrogen-bond donors (Lipinski definition) is 1. The second-order valence-corrected chi connectivity index (χ2v) is 5.35. The van der Waals surface area contributed by atoms with E-state index in [2.05, 4.69) is 0 Å². The van der Waals surface area contributed by atoms with Crippen molar-refractivity contribution in [2.24, 2.45) is 0 Å². The van der Waals surface area contributed by atoms with Gasteiger partial charge in [0.05, 0.1) is 4.90 Å². The maximum absolute atomic E-state index is 13.0. The minimum absolute atomic E-state index is 0.148. The quantitative estimate of drug-likeness (QED) is 0.869. The van der Waals surface area contributed by atoms with Crippen molar-refractivity contribution in [1.82, 2.24) is 0 Å². The van der Waals surface area contributed by atoms with E-state index in [0.29, 0.717) is 6.42 Å². The van der Waals surface area contributed by atoms with Gasteiger partial charge in [0.15, 0.2) is 0 Å². The molecular weight excluding hydrogens is 255 g/mol. The highest BCUT2D eigenvalue weighted by Crippen LogP contribution is 2.14. The molecule has 0 bridgehead atoms. The van der Waals surface area contributed by atoms with Crippen LogP contribution in [0.2, 0.25) is 0 Å². The number of rotatable bonds is 3. The van der Waals surface area contributed by atoms with E-state index in [0.717, 1.165) is 11.1 Å². The van der Waals surface area contributed by atoms with E-state index >= 15 is 0 Å². The molecule has 0 amide bonds. The van der Waals surface area contributed by atoms with Gasteiger partial charge in [-0.3, -0.25) is 4.55 Å². The summed E-state index contributed by atoms with van der Waals surface area (Å²) in [5.74, 6) is -0.304. The molecule has 0 radical (unpaired) electrons. The normalized spacial score (nSPS) is 11.4. The molecule has 5 heteroatoms. The summed E-state index contributed by atoms with van der Waals surface area (Å²) in [6, 6.07) is 12.0. The van der Waals surface area contributed by atoms with Gasteiger partial charge in [-0.15, -0.1) is 0 Å². The molecule has 0 aliphatic rings. The molecule has 0 atom stereocenters. The van der Waals surface area contributed by atoms with E-state index in [1.807, 2.05) is 0 Å². The third kappa shape index (κ3) is 3.15. The van der Waals surface area contributed by atoms with Gasteiger partial charge >= 0.3 is 0 Å². The molecule has 0 unspecified atom stereocenters. The molecule has 94 valence electrons. The first kappa shape index (κ1) is 12.7. The summed E-state index contributed by atoms with van der Waals surface area (Å²) in [7, 11) is -4.16. The summed E-state index contributed by atoms with van der Waals surface area (Å²) in [5.41, 5.74) is 1.64. The van der Waals surface area contributed by atoms with Gasteiger partial charge in [0.2, 0.25) is 0 Å². The Morgan fingerprint density at radius 2 is 1.67 bits per heavy atom. The van der Waals surface area contributed by atoms with Crippen LogP contribution in [0.5, 0.6) is 0 Å². The Hall–Kier alpha value is -1.72. The van der Waals surface area contributed by atoms with Crippen LogP contribution >= 0.6 is 0 Å². The topological polar surface area (TPSA) is 54.4 Å². The number of hydrogen-bond acceptors (Lipinski definition) is 2. The van der Waals surface area contributed by atoms with Gasteiger partial charge in [-0.25, -0.2) is 4.39 Å². The van der Waals surface area contributed by atoms with E-state index in [1.54, 1.807) is 24.3 Å². The third-order valence-electron chi connectivity index (χ3n) is 2.52. The molecule has 0 aromatic heterocycles. The largest absolute Gasteiger partial charge is 0.294 e. The lowest BCUT2D eigenvalue weighted by atomic mass is 10.1. The average molecular weight is 266 g/mol. The molecule has 0 saturated heterocycles. The molecule has 1 N–H and O–H groups in total. The molecule has 0 saturated carbocycles. The van der Waals surface area contributed by atoms with Gasteiger partial charge in [0.1, 0.15) is 5.82 Å². The van der Waals surface area contributed by atoms with Gasteiger partial charge in [-0.1, -0.05) is 24.3 Å². The van der Waals surface area contributed by atoms with Crippen molar-refractivity contribution in [3.8, 4) is 0 Å². The maximum atomic E-state index is 13.0. The van der Waals surface area contributed by atoms with Crippen molar-refractivity contribution in [3.05, 3.63) is 65.5 Å². The Kier molecular flexibility index (Phi) is 3.45. The summed E-state index contributed by atoms with van der Waals surface area (Å²) < 4.78 is 43.5. The zero-order chi connectivity index (χ0) is 13.2. The first-order valence-corrected chi connectivity index (χ1v) is 6.70. The van der Waals surface area contributed by atoms with Crippen LogP contribution in [-0.4, -0.2) is 13.0 Å². The Labute approximate surface area is 105 Å². The lowest BCUT2D eigenvalue weighted by Gasteiger charge is -2.03. The lowest BCUT2D eigenvalue weighted by molar-refractivity contribution is 0.483. The molecule has 2 aromatic rings. The van der Waals surface area contributed by atoms with Crippen LogP contribution in [0.1, 0.15) is 11.1 Å². The van der Waals surface area contributed by atoms with Crippen LogP contribution in [0.15, 0.2) is 53.4 Å². The zero-order valence-corrected chi connectivity index (χ0v) is 10.2. The molecule has 3 nitrogen and oxygen atoms in total. The van der Waals surface area contributed by atoms with Gasteiger partial charge in [0, 0.05) is 0 Å². The monoisotopic (exact) mass is 266 g/mol. The summed E-state index contributed by atoms with van der Waals surface area (Å²) in [4.78, 5) is -0.148. The van der Waals surface area contributed by atoms with Crippen molar-refractivity contribution in [1.29, 1.82) is 0 Å². The van der Waals surface area contributed by atoms with Crippen LogP contribution in [-0.2, 0) is 16.5 Å². The predicted octanol–water partition coefficient (Wildman–Crippen LogP) is 2.66. The molecule has 2 rings (SSSR count). The number of halogens is 1. The summed E-state index contributed by atoms with van der Waals surface area (Å²) in [5, 5.41) is 0. The smallest absolute Gasteiger partial charge is 0.282 e. The highest BCUT2D eigenvalue weighted by molar-refractivity contribution is 7.85. The molecule has 18 heavy (non-hydrogen) atoms. The molecule has 0 spiro atoms. The van der Waals surface area contributed by atoms with E-state index in [-0.39, 0.29) is 10.7 Å². The van der Waals surface area contributed by atoms with Crippen molar-refractivity contribution in [2.75, 3.05) is 0 Å². The second-order valence-electron chi connectivity index (χ2n) is 3.93. The Morgan fingerprint density at radius 1 is 1.00 bits per heavy atom. The van der Waals surface area contributed by atoms with Crippen molar-refractivity contribution in [2.45, 2.75) is 11.3 Å². The Balaban J connectivity index is 2.21. The van der Waals surface area contributed by atoms with Crippen LogP contribution in [0.25, 0.3) is 0 Å². The molecule has 0 heterocycles. The van der Waals surface area contributed by atoms with E-state index < -0.39 is 10.1 Å². The fraction of sp³-hybridized carbons (Fsp3) is 0.0769. The van der Waals surface area contributed by atoms with Crippen molar-refractivity contribution < 1.29 is 17.4 Å². The molecule has 2 aromatic carbocycles. The molecule has 0 aliphatic carbocycles. The van der Waals surface area contributed by atoms with E-state index in [1.165, 1.54) is 24.3 Å². The van der Waals surface area contributed by atoms with Crippen LogP contribution in [0.4, 0.5) is 4.39 Å². The predicted molar refractivity (Wildman–Crippen MR) is 65.5 cm³/mol. The standard InChI is InChI=1S/C13H11FO3S/c14-12-3-1-2-11(9-12)8-10-4-6-13(7-5-10)18(15,16)17/h1-7,9H,8H2,(H,15,16,17). The van der Waals surface area contributed by atoms with Gasteiger partial charge in [-0.05, 0) is 41.8 Å². The third-order valence-corrected chi connectivity index (χ3v) is 3.39.